The number of benzene rings is 7. The highest BCUT2D eigenvalue weighted by atomic mass is 19.4. The van der Waals surface area contributed by atoms with Crippen LogP contribution in [0, 0.1) is 11.3 Å². The molecule has 68 heavy (non-hydrogen) atoms. The zero-order valence-corrected chi connectivity index (χ0v) is 34.3. The summed E-state index contributed by atoms with van der Waals surface area (Å²) >= 11 is 0. The second-order valence-electron chi connectivity index (χ2n) is 15.9. The van der Waals surface area contributed by atoms with Crippen molar-refractivity contribution in [2.75, 3.05) is 0 Å². The summed E-state index contributed by atoms with van der Waals surface area (Å²) in [6, 6.07) is 36.1. The van der Waals surface area contributed by atoms with Gasteiger partial charge in [-0.2, -0.15) is 57.9 Å². The molecule has 0 amide bonds. The van der Waals surface area contributed by atoms with Crippen molar-refractivity contribution < 1.29 is 52.7 Å². The van der Waals surface area contributed by atoms with E-state index in [2.05, 4.69) is 6.07 Å². The van der Waals surface area contributed by atoms with Gasteiger partial charge >= 0.3 is 24.7 Å². The number of pyridine rings is 1. The summed E-state index contributed by atoms with van der Waals surface area (Å²) in [6.45, 7) is 0. The van der Waals surface area contributed by atoms with Gasteiger partial charge in [-0.15, -0.1) is 0 Å². The Morgan fingerprint density at radius 1 is 0.397 bits per heavy atom. The summed E-state index contributed by atoms with van der Waals surface area (Å²) in [4.78, 5) is 4.89. The third-order valence-corrected chi connectivity index (χ3v) is 11.9. The Hall–Kier alpha value is -8.06. The highest BCUT2D eigenvalue weighted by Crippen LogP contribution is 2.46. The minimum absolute atomic E-state index is 0.0380. The average Bonchev–Trinajstić information content (AvgIpc) is 3.82. The summed E-state index contributed by atoms with van der Waals surface area (Å²) < 4.78 is 172. The van der Waals surface area contributed by atoms with Gasteiger partial charge in [0.05, 0.1) is 67.8 Å². The van der Waals surface area contributed by atoms with E-state index in [1.165, 1.54) is 30.5 Å². The molecule has 3 heterocycles. The van der Waals surface area contributed by atoms with Gasteiger partial charge in [-0.1, -0.05) is 84.9 Å². The Bertz CT molecular complexity index is 3710. The van der Waals surface area contributed by atoms with Crippen LogP contribution in [0.3, 0.4) is 0 Å². The van der Waals surface area contributed by atoms with E-state index in [0.29, 0.717) is 72.6 Å². The van der Waals surface area contributed by atoms with Gasteiger partial charge in [0.15, 0.2) is 0 Å². The lowest BCUT2D eigenvalue weighted by Crippen LogP contribution is -2.12. The van der Waals surface area contributed by atoms with E-state index in [-0.39, 0.29) is 34.6 Å². The standard InChI is InChI=1S/C52H26F12N4/c53-49(54,55)32-14-18-34(41(23-32)51(59,60)61)30-12-16-38-36-8-1-3-10-43(36)67(45(38)21-30)47-27-66-48(25-40(47)29-7-5-6-28(20-29)26-65)68-44-11-4-2-9-37(44)39-17-13-31(22-46(39)68)35-19-15-33(50(56,57)58)24-42(35)52(62,63)64/h1-25,27H. The molecule has 10 rings (SSSR count). The average molecular weight is 935 g/mol. The van der Waals surface area contributed by atoms with Crippen molar-refractivity contribution in [2.45, 2.75) is 24.7 Å². The number of para-hydroxylation sites is 2. The largest absolute Gasteiger partial charge is 0.417 e. The van der Waals surface area contributed by atoms with Gasteiger partial charge in [0.2, 0.25) is 0 Å². The highest BCUT2D eigenvalue weighted by Gasteiger charge is 2.40. The molecule has 0 atom stereocenters. The lowest BCUT2D eigenvalue weighted by molar-refractivity contribution is -0.144. The number of hydrogen-bond acceptors (Lipinski definition) is 2. The molecule has 0 N–H and O–H groups in total. The molecule has 338 valence electrons. The number of rotatable bonds is 5. The van der Waals surface area contributed by atoms with Crippen LogP contribution in [0.1, 0.15) is 27.8 Å². The number of hydrogen-bond donors (Lipinski definition) is 0. The first-order valence-corrected chi connectivity index (χ1v) is 20.4. The molecule has 0 bridgehead atoms. The van der Waals surface area contributed by atoms with Crippen molar-refractivity contribution in [1.82, 2.24) is 14.1 Å². The fourth-order valence-corrected chi connectivity index (χ4v) is 8.92. The van der Waals surface area contributed by atoms with Gasteiger partial charge in [0.1, 0.15) is 5.82 Å². The maximum atomic E-state index is 14.5. The fraction of sp³-hybridized carbons (Fsp3) is 0.0769. The second-order valence-corrected chi connectivity index (χ2v) is 15.9. The number of aromatic nitrogens is 3. The van der Waals surface area contributed by atoms with Gasteiger partial charge in [0, 0.05) is 27.1 Å². The molecule has 0 aliphatic rings. The summed E-state index contributed by atoms with van der Waals surface area (Å²) in [5, 5.41) is 12.4. The van der Waals surface area contributed by atoms with Crippen molar-refractivity contribution in [1.29, 1.82) is 5.26 Å². The van der Waals surface area contributed by atoms with Crippen LogP contribution in [0.25, 0.3) is 88.5 Å². The van der Waals surface area contributed by atoms with Crippen LogP contribution in [0.5, 0.6) is 0 Å². The van der Waals surface area contributed by atoms with E-state index in [1.807, 2.05) is 0 Å². The monoisotopic (exact) mass is 934 g/mol. The van der Waals surface area contributed by atoms with E-state index < -0.39 is 58.1 Å². The second kappa shape index (κ2) is 15.5. The molecule has 16 heteroatoms. The summed E-state index contributed by atoms with van der Waals surface area (Å²) in [5.74, 6) is 0.221. The number of fused-ring (bicyclic) bond motifs is 6. The first-order chi connectivity index (χ1) is 32.2. The molecule has 0 spiro atoms. The lowest BCUT2D eigenvalue weighted by atomic mass is 9.96. The normalized spacial score (nSPS) is 12.7. The molecule has 3 aromatic heterocycles. The van der Waals surface area contributed by atoms with Crippen LogP contribution in [0.2, 0.25) is 0 Å². The molecule has 0 saturated carbocycles. The molecule has 0 fully saturated rings. The predicted octanol–water partition coefficient (Wildman–Crippen LogP) is 16.2. The predicted molar refractivity (Wildman–Crippen MR) is 234 cm³/mol. The molecule has 4 nitrogen and oxygen atoms in total. The summed E-state index contributed by atoms with van der Waals surface area (Å²) in [7, 11) is 0. The summed E-state index contributed by atoms with van der Waals surface area (Å²) in [5.41, 5.74) is -3.65. The Kier molecular flexibility index (Phi) is 9.99. The molecular weight excluding hydrogens is 909 g/mol. The topological polar surface area (TPSA) is 46.5 Å². The van der Waals surface area contributed by atoms with E-state index in [1.54, 1.807) is 100 Å². The number of nitrogens with zero attached hydrogens (tertiary/aromatic N) is 4. The molecule has 10 aromatic rings. The van der Waals surface area contributed by atoms with Crippen LogP contribution in [-0.4, -0.2) is 14.1 Å². The first kappa shape index (κ1) is 43.8. The molecule has 7 aromatic carbocycles. The fourth-order valence-electron chi connectivity index (χ4n) is 8.92. The molecule has 0 aliphatic carbocycles. The zero-order valence-electron chi connectivity index (χ0n) is 34.3. The minimum atomic E-state index is -5.16. The molecular formula is C52H26F12N4. The van der Waals surface area contributed by atoms with E-state index >= 15 is 0 Å². The van der Waals surface area contributed by atoms with Crippen molar-refractivity contribution in [2.24, 2.45) is 0 Å². The van der Waals surface area contributed by atoms with Crippen LogP contribution in [-0.2, 0) is 24.7 Å². The minimum Gasteiger partial charge on any atom is -0.307 e. The zero-order chi connectivity index (χ0) is 48.1. The van der Waals surface area contributed by atoms with Gasteiger partial charge < -0.3 is 4.57 Å². The van der Waals surface area contributed by atoms with Gasteiger partial charge in [0.25, 0.3) is 0 Å². The smallest absolute Gasteiger partial charge is 0.307 e. The third kappa shape index (κ3) is 7.44. The quantitative estimate of drug-likeness (QED) is 0.161. The maximum Gasteiger partial charge on any atom is 0.417 e. The van der Waals surface area contributed by atoms with E-state index in [9.17, 15) is 57.9 Å². The van der Waals surface area contributed by atoms with Crippen LogP contribution < -0.4 is 0 Å². The van der Waals surface area contributed by atoms with Crippen LogP contribution in [0.15, 0.2) is 158 Å². The van der Waals surface area contributed by atoms with Gasteiger partial charge in [-0.3, -0.25) is 4.57 Å². The van der Waals surface area contributed by atoms with Gasteiger partial charge in [-0.25, -0.2) is 4.98 Å². The Balaban J connectivity index is 1.24. The third-order valence-electron chi connectivity index (χ3n) is 11.9. The summed E-state index contributed by atoms with van der Waals surface area (Å²) in [6.07, 6.45) is -18.9. The molecule has 0 saturated heterocycles. The highest BCUT2D eigenvalue weighted by molar-refractivity contribution is 6.12. The Labute approximate surface area is 376 Å². The molecule has 0 unspecified atom stereocenters. The molecule has 0 aliphatic heterocycles. The number of halogens is 12. The Morgan fingerprint density at radius 2 is 0.868 bits per heavy atom. The van der Waals surface area contributed by atoms with Crippen LogP contribution >= 0.6 is 0 Å². The molecule has 0 radical (unpaired) electrons. The van der Waals surface area contributed by atoms with Crippen molar-refractivity contribution >= 4 is 43.6 Å². The SMILES string of the molecule is N#Cc1cccc(-c2cc(-n3c4ccccc4c4ccc(-c5ccc(C(F)(F)F)cc5C(F)(F)F)cc43)ncc2-n2c3ccccc3c3ccc(-c4ccc(C(F)(F)F)cc4C(F)(F)F)cc32)c1. The lowest BCUT2D eigenvalue weighted by Gasteiger charge is -2.18. The van der Waals surface area contributed by atoms with E-state index in [0.717, 1.165) is 12.1 Å². The first-order valence-electron chi connectivity index (χ1n) is 20.4. The van der Waals surface area contributed by atoms with E-state index in [4.69, 9.17) is 4.98 Å². The number of alkyl halides is 12. The maximum absolute atomic E-state index is 14.5. The van der Waals surface area contributed by atoms with Crippen molar-refractivity contribution in [3.63, 3.8) is 0 Å². The van der Waals surface area contributed by atoms with Crippen molar-refractivity contribution in [3.8, 4) is 51.0 Å². The van der Waals surface area contributed by atoms with Crippen LogP contribution in [0.4, 0.5) is 52.7 Å². The number of nitriles is 1. The Morgan fingerprint density at radius 3 is 1.37 bits per heavy atom. The van der Waals surface area contributed by atoms with Crippen molar-refractivity contribution in [3.05, 3.63) is 186 Å². The van der Waals surface area contributed by atoms with Gasteiger partial charge in [-0.05, 0) is 94.5 Å².